The first kappa shape index (κ1) is 12.7. The number of carbonyl (C=O) groups excluding carboxylic acids is 1. The Hall–Kier alpha value is -0.710. The molecule has 2 aliphatic rings. The van der Waals surface area contributed by atoms with Crippen molar-refractivity contribution in [2.24, 2.45) is 5.92 Å². The third kappa shape index (κ3) is 3.15. The Bertz CT molecular complexity index is 296. The summed E-state index contributed by atoms with van der Waals surface area (Å²) in [4.78, 5) is 10.8. The van der Waals surface area contributed by atoms with Crippen LogP contribution in [0.1, 0.15) is 39.0 Å². The van der Waals surface area contributed by atoms with Crippen LogP contribution in [-0.2, 0) is 9.53 Å². The molecule has 0 aromatic carbocycles. The smallest absolute Gasteiger partial charge is 0.377 e. The molecule has 1 heterocycles. The molecule has 0 amide bonds. The number of carbonyl (C=O) groups is 1. The van der Waals surface area contributed by atoms with Crippen LogP contribution in [0, 0.1) is 5.92 Å². The summed E-state index contributed by atoms with van der Waals surface area (Å²) in [5.41, 5.74) is 0. The van der Waals surface area contributed by atoms with E-state index < -0.39 is 24.4 Å². The van der Waals surface area contributed by atoms with Crippen molar-refractivity contribution in [2.45, 2.75) is 57.1 Å². The predicted octanol–water partition coefficient (Wildman–Crippen LogP) is 2.11. The van der Waals surface area contributed by atoms with Gasteiger partial charge in [-0.15, -0.1) is 0 Å². The molecule has 17 heavy (non-hydrogen) atoms. The van der Waals surface area contributed by atoms with Gasteiger partial charge in [-0.05, 0) is 18.8 Å². The number of hydrogen-bond acceptors (Lipinski definition) is 3. The summed E-state index contributed by atoms with van der Waals surface area (Å²) in [6, 6.07) is 0.381. The van der Waals surface area contributed by atoms with Gasteiger partial charge in [-0.2, -0.15) is 8.78 Å². The summed E-state index contributed by atoms with van der Waals surface area (Å²) >= 11 is 0. The Labute approximate surface area is 99.9 Å². The van der Waals surface area contributed by atoms with Gasteiger partial charge in [-0.3, -0.25) is 0 Å². The van der Waals surface area contributed by atoms with Gasteiger partial charge in [0.1, 0.15) is 6.10 Å². The van der Waals surface area contributed by atoms with Gasteiger partial charge in [0.25, 0.3) is 0 Å². The number of halogens is 2. The fourth-order valence-electron chi connectivity index (χ4n) is 2.68. The van der Waals surface area contributed by atoms with E-state index in [0.717, 1.165) is 12.8 Å². The first-order valence-electron chi connectivity index (χ1n) is 6.29. The first-order valence-corrected chi connectivity index (χ1v) is 6.29. The highest BCUT2D eigenvalue weighted by Crippen LogP contribution is 2.31. The molecule has 0 bridgehead atoms. The maximum atomic E-state index is 12.9. The van der Waals surface area contributed by atoms with Crippen LogP contribution in [0.5, 0.6) is 0 Å². The molecule has 1 N–H and O–H groups in total. The van der Waals surface area contributed by atoms with E-state index in [2.05, 4.69) is 17.0 Å². The molecule has 2 fully saturated rings. The monoisotopic (exact) mass is 247 g/mol. The number of hydrogen-bond donors (Lipinski definition) is 1. The van der Waals surface area contributed by atoms with Gasteiger partial charge in [-0.25, -0.2) is 4.79 Å². The van der Waals surface area contributed by atoms with Crippen molar-refractivity contribution in [2.75, 3.05) is 6.54 Å². The summed E-state index contributed by atoms with van der Waals surface area (Å²) in [6.07, 6.45) is 3.43. The van der Waals surface area contributed by atoms with E-state index in [4.69, 9.17) is 0 Å². The second kappa shape index (κ2) is 4.88. The van der Waals surface area contributed by atoms with E-state index in [1.54, 1.807) is 0 Å². The molecule has 1 aliphatic heterocycles. The quantitative estimate of drug-likeness (QED) is 0.776. The van der Waals surface area contributed by atoms with Crippen molar-refractivity contribution in [3.05, 3.63) is 0 Å². The van der Waals surface area contributed by atoms with E-state index in [1.807, 2.05) is 0 Å². The number of cyclic esters (lactones) is 1. The normalized spacial score (nSPS) is 36.9. The maximum absolute atomic E-state index is 12.9. The number of ether oxygens (including phenoxy) is 1. The standard InChI is InChI=1S/C12H19F2NO2/c1-8-3-2-4-9(5-8)15-7-10-6-12(13,14)11(16)17-10/h8-10,15H,2-7H2,1H3. The molecule has 3 nitrogen and oxygen atoms in total. The van der Waals surface area contributed by atoms with Crippen LogP contribution >= 0.6 is 0 Å². The van der Waals surface area contributed by atoms with Crippen molar-refractivity contribution in [3.8, 4) is 0 Å². The zero-order valence-corrected chi connectivity index (χ0v) is 10.0. The average Bonchev–Trinajstić information content (AvgIpc) is 2.50. The van der Waals surface area contributed by atoms with Crippen molar-refractivity contribution in [1.82, 2.24) is 5.32 Å². The van der Waals surface area contributed by atoms with Gasteiger partial charge in [0.05, 0.1) is 6.42 Å². The predicted molar refractivity (Wildman–Crippen MR) is 58.9 cm³/mol. The molecule has 3 unspecified atom stereocenters. The second-order valence-corrected chi connectivity index (χ2v) is 5.31. The Morgan fingerprint density at radius 2 is 2.24 bits per heavy atom. The van der Waals surface area contributed by atoms with E-state index in [-0.39, 0.29) is 0 Å². The minimum Gasteiger partial charge on any atom is -0.456 e. The number of rotatable bonds is 3. The lowest BCUT2D eigenvalue weighted by Gasteiger charge is -2.28. The largest absolute Gasteiger partial charge is 0.456 e. The summed E-state index contributed by atoms with van der Waals surface area (Å²) in [6.45, 7) is 2.55. The van der Waals surface area contributed by atoms with Gasteiger partial charge in [-0.1, -0.05) is 19.8 Å². The van der Waals surface area contributed by atoms with E-state index in [1.165, 1.54) is 12.8 Å². The summed E-state index contributed by atoms with van der Waals surface area (Å²) < 4.78 is 30.5. The molecule has 0 spiro atoms. The summed E-state index contributed by atoms with van der Waals surface area (Å²) in [5, 5.41) is 3.24. The van der Waals surface area contributed by atoms with Crippen LogP contribution in [0.2, 0.25) is 0 Å². The summed E-state index contributed by atoms with van der Waals surface area (Å²) in [7, 11) is 0. The minimum atomic E-state index is -3.29. The SMILES string of the molecule is CC1CCCC(NCC2CC(F)(F)C(=O)O2)C1. The van der Waals surface area contributed by atoms with Crippen LogP contribution in [0.15, 0.2) is 0 Å². The third-order valence-corrected chi connectivity index (χ3v) is 3.63. The molecule has 5 heteroatoms. The lowest BCUT2D eigenvalue weighted by molar-refractivity contribution is -0.159. The highest BCUT2D eigenvalue weighted by Gasteiger charge is 2.50. The molecule has 0 aromatic heterocycles. The summed E-state index contributed by atoms with van der Waals surface area (Å²) in [5.74, 6) is -3.97. The Morgan fingerprint density at radius 1 is 1.47 bits per heavy atom. The number of nitrogens with one attached hydrogen (secondary N) is 1. The van der Waals surface area contributed by atoms with E-state index in [9.17, 15) is 13.6 Å². The van der Waals surface area contributed by atoms with Crippen LogP contribution in [0.3, 0.4) is 0 Å². The topological polar surface area (TPSA) is 38.3 Å². The average molecular weight is 247 g/mol. The minimum absolute atomic E-state index is 0.346. The van der Waals surface area contributed by atoms with Crippen LogP contribution in [-0.4, -0.2) is 30.6 Å². The molecule has 1 saturated carbocycles. The molecule has 2 rings (SSSR count). The Morgan fingerprint density at radius 3 is 2.82 bits per heavy atom. The van der Waals surface area contributed by atoms with Crippen LogP contribution in [0.25, 0.3) is 0 Å². The molecule has 1 aliphatic carbocycles. The molecule has 3 atom stereocenters. The highest BCUT2D eigenvalue weighted by atomic mass is 19.3. The zero-order chi connectivity index (χ0) is 12.5. The van der Waals surface area contributed by atoms with E-state index in [0.29, 0.717) is 18.5 Å². The molecular formula is C12H19F2NO2. The van der Waals surface area contributed by atoms with Gasteiger partial charge in [0, 0.05) is 12.6 Å². The fraction of sp³-hybridized carbons (Fsp3) is 0.917. The zero-order valence-electron chi connectivity index (χ0n) is 10.0. The van der Waals surface area contributed by atoms with E-state index >= 15 is 0 Å². The van der Waals surface area contributed by atoms with Crippen molar-refractivity contribution < 1.29 is 18.3 Å². The van der Waals surface area contributed by atoms with Crippen LogP contribution in [0.4, 0.5) is 8.78 Å². The molecule has 98 valence electrons. The highest BCUT2D eigenvalue weighted by molar-refractivity contribution is 5.79. The number of esters is 1. The number of alkyl halides is 2. The Balaban J connectivity index is 1.74. The van der Waals surface area contributed by atoms with Gasteiger partial charge >= 0.3 is 11.9 Å². The van der Waals surface area contributed by atoms with Crippen molar-refractivity contribution in [3.63, 3.8) is 0 Å². The van der Waals surface area contributed by atoms with Gasteiger partial charge in [0.2, 0.25) is 0 Å². The van der Waals surface area contributed by atoms with Gasteiger partial charge in [0.15, 0.2) is 0 Å². The Kier molecular flexibility index (Phi) is 3.66. The van der Waals surface area contributed by atoms with Crippen LogP contribution < -0.4 is 5.32 Å². The molecule has 0 aromatic rings. The van der Waals surface area contributed by atoms with Crippen molar-refractivity contribution >= 4 is 5.97 Å². The van der Waals surface area contributed by atoms with Gasteiger partial charge < -0.3 is 10.1 Å². The lowest BCUT2D eigenvalue weighted by atomic mass is 9.87. The lowest BCUT2D eigenvalue weighted by Crippen LogP contribution is -2.38. The molecular weight excluding hydrogens is 228 g/mol. The molecule has 1 saturated heterocycles. The van der Waals surface area contributed by atoms with Crippen molar-refractivity contribution in [1.29, 1.82) is 0 Å². The second-order valence-electron chi connectivity index (χ2n) is 5.31. The maximum Gasteiger partial charge on any atom is 0.377 e. The fourth-order valence-corrected chi connectivity index (χ4v) is 2.68. The first-order chi connectivity index (χ1) is 7.97. The third-order valence-electron chi connectivity index (χ3n) is 3.63. The molecule has 0 radical (unpaired) electrons.